The minimum absolute atomic E-state index is 0.382. The van der Waals surface area contributed by atoms with Crippen LogP contribution in [0, 0.1) is 11.8 Å². The number of ether oxygens (including phenoxy) is 1. The van der Waals surface area contributed by atoms with Gasteiger partial charge in [-0.1, -0.05) is 20.3 Å². The molecule has 1 saturated carbocycles. The Bertz CT molecular complexity index is 173. The maximum Gasteiger partial charge on any atom is 0.0618 e. The van der Waals surface area contributed by atoms with Gasteiger partial charge in [-0.25, -0.2) is 0 Å². The van der Waals surface area contributed by atoms with Gasteiger partial charge in [-0.2, -0.15) is 0 Å². The molecule has 14 heavy (non-hydrogen) atoms. The van der Waals surface area contributed by atoms with Gasteiger partial charge < -0.3 is 4.74 Å². The van der Waals surface area contributed by atoms with Crippen molar-refractivity contribution in [3.05, 3.63) is 0 Å². The van der Waals surface area contributed by atoms with Gasteiger partial charge in [0.25, 0.3) is 0 Å². The lowest BCUT2D eigenvalue weighted by molar-refractivity contribution is -0.130. The van der Waals surface area contributed by atoms with Crippen LogP contribution in [0.3, 0.4) is 0 Å². The summed E-state index contributed by atoms with van der Waals surface area (Å²) in [6.07, 6.45) is 7.01. The first kappa shape index (κ1) is 10.8. The molecule has 5 atom stereocenters. The molecule has 1 heterocycles. The molecule has 3 unspecified atom stereocenters. The van der Waals surface area contributed by atoms with E-state index in [9.17, 15) is 0 Å². The van der Waals surface area contributed by atoms with Crippen LogP contribution in [0.5, 0.6) is 0 Å². The van der Waals surface area contributed by atoms with Crippen LogP contribution >= 0.6 is 11.6 Å². The van der Waals surface area contributed by atoms with E-state index in [-0.39, 0.29) is 0 Å². The summed E-state index contributed by atoms with van der Waals surface area (Å²) < 4.78 is 6.14. The summed E-state index contributed by atoms with van der Waals surface area (Å²) in [5.74, 6) is 1.26. The first-order valence-electron chi connectivity index (χ1n) is 6.07. The molecule has 0 aromatic rings. The minimum atomic E-state index is 0.382. The zero-order chi connectivity index (χ0) is 10.1. The van der Waals surface area contributed by atoms with E-state index in [4.69, 9.17) is 16.3 Å². The fraction of sp³-hybridized carbons (Fsp3) is 1.00. The van der Waals surface area contributed by atoms with Crippen molar-refractivity contribution in [1.82, 2.24) is 0 Å². The van der Waals surface area contributed by atoms with E-state index in [1.54, 1.807) is 0 Å². The zero-order valence-electron chi connectivity index (χ0n) is 9.21. The van der Waals surface area contributed by atoms with Crippen LogP contribution in [0.25, 0.3) is 0 Å². The van der Waals surface area contributed by atoms with Gasteiger partial charge in [0.1, 0.15) is 0 Å². The Morgan fingerprint density at radius 1 is 1.07 bits per heavy atom. The number of halogens is 1. The molecular weight excluding hydrogens is 196 g/mol. The lowest BCUT2D eigenvalue weighted by Gasteiger charge is -2.48. The molecule has 2 bridgehead atoms. The van der Waals surface area contributed by atoms with Gasteiger partial charge in [0.2, 0.25) is 0 Å². The van der Waals surface area contributed by atoms with Crippen LogP contribution in [-0.2, 0) is 4.74 Å². The molecule has 1 aliphatic heterocycles. The third-order valence-corrected chi connectivity index (χ3v) is 4.65. The Hall–Kier alpha value is 0.250. The largest absolute Gasteiger partial charge is 0.374 e. The Kier molecular flexibility index (Phi) is 3.38. The van der Waals surface area contributed by atoms with E-state index in [0.717, 1.165) is 12.8 Å². The average molecular weight is 217 g/mol. The summed E-state index contributed by atoms with van der Waals surface area (Å²) in [5, 5.41) is 0.382. The van der Waals surface area contributed by atoms with Crippen molar-refractivity contribution >= 4 is 11.6 Å². The monoisotopic (exact) mass is 216 g/mol. The van der Waals surface area contributed by atoms with Crippen molar-refractivity contribution < 1.29 is 4.74 Å². The number of hydrogen-bond donors (Lipinski definition) is 0. The highest BCUT2D eigenvalue weighted by Gasteiger charge is 2.45. The molecule has 0 spiro atoms. The fourth-order valence-corrected chi connectivity index (χ4v) is 3.81. The highest BCUT2D eigenvalue weighted by atomic mass is 35.5. The van der Waals surface area contributed by atoms with Gasteiger partial charge in [-0.3, -0.25) is 0 Å². The molecular formula is C12H21ClO. The van der Waals surface area contributed by atoms with E-state index in [0.29, 0.717) is 29.4 Å². The molecule has 0 N–H and O–H groups in total. The Morgan fingerprint density at radius 3 is 2.00 bits per heavy atom. The molecule has 1 saturated heterocycles. The van der Waals surface area contributed by atoms with Crippen molar-refractivity contribution in [2.24, 2.45) is 11.8 Å². The van der Waals surface area contributed by atoms with Crippen molar-refractivity contribution in [2.45, 2.75) is 63.5 Å². The Labute approximate surface area is 92.2 Å². The van der Waals surface area contributed by atoms with Gasteiger partial charge in [0.05, 0.1) is 12.2 Å². The standard InChI is InChI=1S/C12H21ClO/c1-3-10-8-6-5-7-9(12(8)13)11(4-2)14-10/h8-12H,3-7H2,1-2H3/t8-,9+,10?,11?,12?. The van der Waals surface area contributed by atoms with Gasteiger partial charge in [-0.15, -0.1) is 11.6 Å². The van der Waals surface area contributed by atoms with Crippen LogP contribution in [0.2, 0.25) is 0 Å². The summed E-state index contributed by atoms with van der Waals surface area (Å²) in [6.45, 7) is 4.44. The molecule has 1 nitrogen and oxygen atoms in total. The van der Waals surface area contributed by atoms with Crippen molar-refractivity contribution in [1.29, 1.82) is 0 Å². The van der Waals surface area contributed by atoms with Crippen LogP contribution in [0.4, 0.5) is 0 Å². The maximum atomic E-state index is 6.55. The van der Waals surface area contributed by atoms with E-state index < -0.39 is 0 Å². The van der Waals surface area contributed by atoms with Gasteiger partial charge in [-0.05, 0) is 25.7 Å². The second-order valence-corrected chi connectivity index (χ2v) is 5.24. The third-order valence-electron chi connectivity index (χ3n) is 4.00. The summed E-state index contributed by atoms with van der Waals surface area (Å²) in [5.41, 5.74) is 0. The van der Waals surface area contributed by atoms with E-state index in [1.165, 1.54) is 19.3 Å². The highest BCUT2D eigenvalue weighted by Crippen LogP contribution is 2.45. The predicted molar refractivity (Wildman–Crippen MR) is 59.7 cm³/mol. The molecule has 2 aliphatic rings. The number of fused-ring (bicyclic) bond motifs is 2. The molecule has 0 radical (unpaired) electrons. The average Bonchev–Trinajstić information content (AvgIpc) is 2.18. The number of alkyl halides is 1. The van der Waals surface area contributed by atoms with Crippen molar-refractivity contribution in [3.63, 3.8) is 0 Å². The zero-order valence-corrected chi connectivity index (χ0v) is 9.96. The topological polar surface area (TPSA) is 9.23 Å². The summed E-state index contributed by atoms with van der Waals surface area (Å²) in [4.78, 5) is 0. The van der Waals surface area contributed by atoms with E-state index >= 15 is 0 Å². The summed E-state index contributed by atoms with van der Waals surface area (Å²) in [6, 6.07) is 0. The SMILES string of the molecule is CCC1OC(CC)[C@@H]2CCC[C@H]1C2Cl. The predicted octanol–water partition coefficient (Wildman–Crippen LogP) is 3.60. The van der Waals surface area contributed by atoms with Crippen molar-refractivity contribution in [2.75, 3.05) is 0 Å². The first-order chi connectivity index (χ1) is 6.77. The molecule has 1 aliphatic carbocycles. The minimum Gasteiger partial charge on any atom is -0.374 e. The molecule has 0 aromatic heterocycles. The second kappa shape index (κ2) is 4.40. The molecule has 0 aromatic carbocycles. The quantitative estimate of drug-likeness (QED) is 0.641. The highest BCUT2D eigenvalue weighted by molar-refractivity contribution is 6.21. The molecule has 0 amide bonds. The lowest BCUT2D eigenvalue weighted by Crippen LogP contribution is -2.50. The first-order valence-corrected chi connectivity index (χ1v) is 6.51. The Morgan fingerprint density at radius 2 is 1.57 bits per heavy atom. The van der Waals surface area contributed by atoms with Crippen LogP contribution in [-0.4, -0.2) is 17.6 Å². The van der Waals surface area contributed by atoms with Crippen LogP contribution in [0.15, 0.2) is 0 Å². The van der Waals surface area contributed by atoms with Gasteiger partial charge >= 0.3 is 0 Å². The molecule has 2 rings (SSSR count). The third kappa shape index (κ3) is 1.69. The molecule has 2 fully saturated rings. The number of rotatable bonds is 2. The normalized spacial score (nSPS) is 47.8. The van der Waals surface area contributed by atoms with E-state index in [1.807, 2.05) is 0 Å². The van der Waals surface area contributed by atoms with Crippen molar-refractivity contribution in [3.8, 4) is 0 Å². The van der Waals surface area contributed by atoms with Crippen LogP contribution < -0.4 is 0 Å². The maximum absolute atomic E-state index is 6.55. The lowest BCUT2D eigenvalue weighted by atomic mass is 9.72. The van der Waals surface area contributed by atoms with Gasteiger partial charge in [0.15, 0.2) is 0 Å². The smallest absolute Gasteiger partial charge is 0.0618 e. The second-order valence-electron chi connectivity index (χ2n) is 4.73. The molecule has 82 valence electrons. The van der Waals surface area contributed by atoms with Crippen LogP contribution in [0.1, 0.15) is 46.0 Å². The number of hydrogen-bond acceptors (Lipinski definition) is 1. The van der Waals surface area contributed by atoms with E-state index in [2.05, 4.69) is 13.8 Å². The summed E-state index contributed by atoms with van der Waals surface area (Å²) in [7, 11) is 0. The molecule has 2 heteroatoms. The van der Waals surface area contributed by atoms with Gasteiger partial charge in [0, 0.05) is 17.2 Å². The summed E-state index contributed by atoms with van der Waals surface area (Å²) >= 11 is 6.55. The fourth-order valence-electron chi connectivity index (χ4n) is 3.23. The Balaban J connectivity index is 2.13.